The quantitative estimate of drug-likeness (QED) is 0.335. The molecule has 1 N–H and O–H groups in total. The second-order valence-electron chi connectivity index (χ2n) is 9.83. The van der Waals surface area contributed by atoms with Gasteiger partial charge in [-0.2, -0.15) is 0 Å². The Bertz CT molecular complexity index is 1400. The molecule has 190 valence electrons. The summed E-state index contributed by atoms with van der Waals surface area (Å²) in [6.07, 6.45) is 9.11. The van der Waals surface area contributed by atoms with E-state index in [-0.39, 0.29) is 11.7 Å². The van der Waals surface area contributed by atoms with Gasteiger partial charge in [0.2, 0.25) is 5.82 Å². The van der Waals surface area contributed by atoms with E-state index >= 15 is 0 Å². The van der Waals surface area contributed by atoms with Gasteiger partial charge < -0.3 is 9.30 Å². The van der Waals surface area contributed by atoms with Gasteiger partial charge in [-0.15, -0.1) is 0 Å². The number of aromatic amines is 1. The SMILES string of the molecule is CCC(COC)c1nc2cc(-c3noc(=O)[nH]3)nc(-c3cncc(Cl)c3)c2n1CC1CCC(C)CC1. The van der Waals surface area contributed by atoms with Crippen LogP contribution in [0.2, 0.25) is 5.02 Å². The van der Waals surface area contributed by atoms with E-state index in [9.17, 15) is 4.79 Å². The lowest BCUT2D eigenvalue weighted by Crippen LogP contribution is -2.21. The molecule has 1 saturated carbocycles. The first-order chi connectivity index (χ1) is 17.5. The van der Waals surface area contributed by atoms with E-state index in [0.717, 1.165) is 41.3 Å². The van der Waals surface area contributed by atoms with Crippen molar-refractivity contribution < 1.29 is 9.26 Å². The molecule has 4 heterocycles. The molecule has 0 aromatic carbocycles. The van der Waals surface area contributed by atoms with E-state index in [1.54, 1.807) is 19.5 Å². The third-order valence-corrected chi connectivity index (χ3v) is 7.42. The van der Waals surface area contributed by atoms with E-state index in [0.29, 0.717) is 28.9 Å². The van der Waals surface area contributed by atoms with Crippen LogP contribution in [0.5, 0.6) is 0 Å². The summed E-state index contributed by atoms with van der Waals surface area (Å²) in [7, 11) is 1.72. The Morgan fingerprint density at radius 3 is 2.69 bits per heavy atom. The van der Waals surface area contributed by atoms with Crippen LogP contribution in [-0.4, -0.2) is 43.4 Å². The maximum atomic E-state index is 11.7. The highest BCUT2D eigenvalue weighted by Crippen LogP contribution is 2.37. The van der Waals surface area contributed by atoms with Crippen LogP contribution in [0, 0.1) is 11.8 Å². The number of imidazole rings is 1. The summed E-state index contributed by atoms with van der Waals surface area (Å²) in [5.41, 5.74) is 3.62. The van der Waals surface area contributed by atoms with Gasteiger partial charge in [0.1, 0.15) is 11.5 Å². The summed E-state index contributed by atoms with van der Waals surface area (Å²) in [4.78, 5) is 28.6. The number of aromatic nitrogens is 6. The number of hydrogen-bond acceptors (Lipinski definition) is 7. The average molecular weight is 511 g/mol. The first-order valence-electron chi connectivity index (χ1n) is 12.5. The monoisotopic (exact) mass is 510 g/mol. The van der Waals surface area contributed by atoms with Gasteiger partial charge in [-0.3, -0.25) is 14.5 Å². The third-order valence-electron chi connectivity index (χ3n) is 7.22. The minimum Gasteiger partial charge on any atom is -0.384 e. The van der Waals surface area contributed by atoms with E-state index < -0.39 is 5.76 Å². The number of ether oxygens (including phenoxy) is 1. The van der Waals surface area contributed by atoms with Crippen molar-refractivity contribution in [2.45, 2.75) is 58.4 Å². The minimum absolute atomic E-state index is 0.130. The van der Waals surface area contributed by atoms with Gasteiger partial charge in [-0.05, 0) is 43.2 Å². The number of fused-ring (bicyclic) bond motifs is 1. The molecule has 1 fully saturated rings. The average Bonchev–Trinajstić information content (AvgIpc) is 3.47. The fraction of sp³-hybridized carbons (Fsp3) is 0.500. The lowest BCUT2D eigenvalue weighted by Gasteiger charge is -2.28. The van der Waals surface area contributed by atoms with Crippen molar-refractivity contribution in [1.82, 2.24) is 29.7 Å². The fourth-order valence-electron chi connectivity index (χ4n) is 5.22. The molecule has 0 spiro atoms. The van der Waals surface area contributed by atoms with Crippen LogP contribution >= 0.6 is 11.6 Å². The molecule has 9 nitrogen and oxygen atoms in total. The lowest BCUT2D eigenvalue weighted by atomic mass is 9.83. The number of rotatable bonds is 8. The van der Waals surface area contributed by atoms with Crippen molar-refractivity contribution >= 4 is 22.6 Å². The molecule has 0 amide bonds. The Balaban J connectivity index is 1.74. The van der Waals surface area contributed by atoms with Crippen LogP contribution < -0.4 is 5.76 Å². The molecule has 5 rings (SSSR count). The molecule has 1 aliphatic rings. The number of nitrogens with one attached hydrogen (secondary N) is 1. The molecule has 0 aliphatic heterocycles. The molecule has 1 aliphatic carbocycles. The van der Waals surface area contributed by atoms with Crippen molar-refractivity contribution in [3.63, 3.8) is 0 Å². The molecule has 10 heteroatoms. The first-order valence-corrected chi connectivity index (χ1v) is 12.9. The molecule has 4 aromatic rings. The zero-order valence-electron chi connectivity index (χ0n) is 20.8. The van der Waals surface area contributed by atoms with Gasteiger partial charge in [0.25, 0.3) is 0 Å². The van der Waals surface area contributed by atoms with Crippen molar-refractivity contribution in [3.8, 4) is 22.8 Å². The molecule has 0 saturated heterocycles. The number of halogens is 1. The standard InChI is InChI=1S/C26H31ClN6O3/c1-4-17(14-35-3)25-30-20-10-21(24-31-26(34)36-32-24)29-22(18-9-19(27)12-28-11-18)23(20)33(25)13-16-7-5-15(2)6-8-16/h9-12,15-17H,4-8,13-14H2,1-3H3,(H,31,32,34). The Hall–Kier alpha value is -3.04. The largest absolute Gasteiger partial charge is 0.439 e. The van der Waals surface area contributed by atoms with Gasteiger partial charge in [0.05, 0.1) is 28.4 Å². The van der Waals surface area contributed by atoms with Crippen LogP contribution in [-0.2, 0) is 11.3 Å². The Labute approximate surface area is 214 Å². The number of methoxy groups -OCH3 is 1. The molecule has 36 heavy (non-hydrogen) atoms. The molecule has 0 bridgehead atoms. The molecule has 0 radical (unpaired) electrons. The van der Waals surface area contributed by atoms with E-state index in [2.05, 4.69) is 33.5 Å². The smallest absolute Gasteiger partial charge is 0.384 e. The van der Waals surface area contributed by atoms with Crippen LogP contribution in [0.3, 0.4) is 0 Å². The van der Waals surface area contributed by atoms with Crippen LogP contribution in [0.1, 0.15) is 57.7 Å². The van der Waals surface area contributed by atoms with E-state index in [1.165, 1.54) is 25.7 Å². The molecule has 1 unspecified atom stereocenters. The van der Waals surface area contributed by atoms with Gasteiger partial charge in [0.15, 0.2) is 0 Å². The van der Waals surface area contributed by atoms with Crippen molar-refractivity contribution in [3.05, 3.63) is 45.9 Å². The van der Waals surface area contributed by atoms with Crippen LogP contribution in [0.25, 0.3) is 33.8 Å². The number of pyridine rings is 2. The maximum Gasteiger partial charge on any atom is 0.439 e. The Morgan fingerprint density at radius 2 is 2.03 bits per heavy atom. The zero-order chi connectivity index (χ0) is 25.2. The second kappa shape index (κ2) is 10.5. The number of H-pyrrole nitrogens is 1. The van der Waals surface area contributed by atoms with Crippen LogP contribution in [0.4, 0.5) is 0 Å². The summed E-state index contributed by atoms with van der Waals surface area (Å²) in [5.74, 6) is 2.07. The highest BCUT2D eigenvalue weighted by atomic mass is 35.5. The minimum atomic E-state index is -0.637. The Kier molecular flexibility index (Phi) is 7.20. The summed E-state index contributed by atoms with van der Waals surface area (Å²) >= 11 is 6.33. The fourth-order valence-corrected chi connectivity index (χ4v) is 5.40. The highest BCUT2D eigenvalue weighted by Gasteiger charge is 2.27. The topological polar surface area (TPSA) is 112 Å². The predicted octanol–water partition coefficient (Wildman–Crippen LogP) is 5.46. The lowest BCUT2D eigenvalue weighted by molar-refractivity contribution is 0.172. The van der Waals surface area contributed by atoms with Gasteiger partial charge >= 0.3 is 5.76 Å². The summed E-state index contributed by atoms with van der Waals surface area (Å²) in [5, 5.41) is 4.37. The molecule has 4 aromatic heterocycles. The van der Waals surface area contributed by atoms with Gasteiger partial charge in [-0.1, -0.05) is 43.4 Å². The van der Waals surface area contributed by atoms with Crippen molar-refractivity contribution in [1.29, 1.82) is 0 Å². The van der Waals surface area contributed by atoms with E-state index in [1.807, 2.05) is 12.1 Å². The van der Waals surface area contributed by atoms with Crippen LogP contribution in [0.15, 0.2) is 33.8 Å². The zero-order valence-corrected chi connectivity index (χ0v) is 21.6. The second-order valence-corrected chi connectivity index (χ2v) is 10.3. The summed E-state index contributed by atoms with van der Waals surface area (Å²) < 4.78 is 12.7. The number of nitrogens with zero attached hydrogens (tertiary/aromatic N) is 5. The normalized spacial score (nSPS) is 19.1. The van der Waals surface area contributed by atoms with Gasteiger partial charge in [0, 0.05) is 37.5 Å². The summed E-state index contributed by atoms with van der Waals surface area (Å²) in [6.45, 7) is 5.93. The Morgan fingerprint density at radius 1 is 1.22 bits per heavy atom. The van der Waals surface area contributed by atoms with Crippen molar-refractivity contribution in [2.24, 2.45) is 11.8 Å². The summed E-state index contributed by atoms with van der Waals surface area (Å²) in [6, 6.07) is 3.70. The predicted molar refractivity (Wildman–Crippen MR) is 138 cm³/mol. The van der Waals surface area contributed by atoms with E-state index in [4.69, 9.17) is 30.8 Å². The van der Waals surface area contributed by atoms with Crippen molar-refractivity contribution in [2.75, 3.05) is 13.7 Å². The highest BCUT2D eigenvalue weighted by molar-refractivity contribution is 6.30. The molecule has 1 atom stereocenters. The molecular weight excluding hydrogens is 480 g/mol. The first kappa shape index (κ1) is 24.6. The maximum absolute atomic E-state index is 11.7. The van der Waals surface area contributed by atoms with Gasteiger partial charge in [-0.25, -0.2) is 14.8 Å². The third kappa shape index (κ3) is 4.95. The molecular formula is C26H31ClN6O3. The number of hydrogen-bond donors (Lipinski definition) is 1.